The van der Waals surface area contributed by atoms with Crippen molar-refractivity contribution in [3.05, 3.63) is 52.3 Å². The summed E-state index contributed by atoms with van der Waals surface area (Å²) in [5, 5.41) is 3.46. The van der Waals surface area contributed by atoms with Crippen molar-refractivity contribution < 1.29 is 9.53 Å². The van der Waals surface area contributed by atoms with E-state index in [2.05, 4.69) is 10.3 Å². The van der Waals surface area contributed by atoms with E-state index >= 15 is 0 Å². The molecule has 20 heavy (non-hydrogen) atoms. The van der Waals surface area contributed by atoms with Gasteiger partial charge < -0.3 is 10.1 Å². The molecule has 1 heterocycles. The third-order valence-corrected chi connectivity index (χ3v) is 3.63. The fraction of sp³-hybridized carbons (Fsp3) is 0.200. The zero-order chi connectivity index (χ0) is 14.7. The quantitative estimate of drug-likeness (QED) is 0.939. The molecule has 1 aromatic heterocycles. The molecule has 0 aliphatic carbocycles. The summed E-state index contributed by atoms with van der Waals surface area (Å²) in [5.41, 5.74) is 2.80. The Bertz CT molecular complexity index is 642. The van der Waals surface area contributed by atoms with Crippen molar-refractivity contribution in [3.8, 4) is 5.75 Å². The molecule has 0 aliphatic heterocycles. The molecule has 0 aliphatic rings. The fourth-order valence-corrected chi connectivity index (χ4v) is 2.08. The van der Waals surface area contributed by atoms with Crippen LogP contribution < -0.4 is 10.1 Å². The summed E-state index contributed by atoms with van der Waals surface area (Å²) in [6, 6.07) is 5.09. The minimum absolute atomic E-state index is 0.228. The van der Waals surface area contributed by atoms with Gasteiger partial charge in [-0.25, -0.2) is 0 Å². The maximum Gasteiger partial charge on any atom is 0.255 e. The van der Waals surface area contributed by atoms with Crippen molar-refractivity contribution in [3.63, 3.8) is 0 Å². The van der Waals surface area contributed by atoms with Gasteiger partial charge in [-0.2, -0.15) is 0 Å². The van der Waals surface area contributed by atoms with Gasteiger partial charge in [0.25, 0.3) is 5.91 Å². The summed E-state index contributed by atoms with van der Waals surface area (Å²) in [6.07, 6.45) is 3.14. The van der Waals surface area contributed by atoms with E-state index in [0.29, 0.717) is 22.0 Å². The maximum absolute atomic E-state index is 12.2. The van der Waals surface area contributed by atoms with Crippen LogP contribution in [-0.2, 0) is 0 Å². The number of anilines is 1. The van der Waals surface area contributed by atoms with E-state index in [1.165, 1.54) is 0 Å². The Labute approximate surface area is 122 Å². The number of ether oxygens (including phenoxy) is 1. The Hall–Kier alpha value is -2.07. The van der Waals surface area contributed by atoms with Gasteiger partial charge in [-0.15, -0.1) is 0 Å². The van der Waals surface area contributed by atoms with Crippen LogP contribution in [0.3, 0.4) is 0 Å². The summed E-state index contributed by atoms with van der Waals surface area (Å²) < 4.78 is 5.31. The van der Waals surface area contributed by atoms with E-state index in [9.17, 15) is 4.79 Å². The zero-order valence-corrected chi connectivity index (χ0v) is 12.3. The van der Waals surface area contributed by atoms with Crippen LogP contribution in [0.15, 0.2) is 30.6 Å². The van der Waals surface area contributed by atoms with Gasteiger partial charge in [0.15, 0.2) is 0 Å². The molecule has 0 radical (unpaired) electrons. The van der Waals surface area contributed by atoms with Crippen molar-refractivity contribution in [1.82, 2.24) is 4.98 Å². The maximum atomic E-state index is 12.2. The van der Waals surface area contributed by atoms with Gasteiger partial charge in [-0.1, -0.05) is 11.6 Å². The smallest absolute Gasteiger partial charge is 0.255 e. The molecule has 4 nitrogen and oxygen atoms in total. The molecular formula is C15H15ClN2O2. The summed E-state index contributed by atoms with van der Waals surface area (Å²) in [6.45, 7) is 3.74. The highest BCUT2D eigenvalue weighted by atomic mass is 35.5. The lowest BCUT2D eigenvalue weighted by molar-refractivity contribution is 0.102. The molecule has 0 spiro atoms. The van der Waals surface area contributed by atoms with Crippen LogP contribution in [0.2, 0.25) is 5.02 Å². The molecule has 1 aromatic carbocycles. The molecule has 0 fully saturated rings. The highest BCUT2D eigenvalue weighted by Gasteiger charge is 2.15. The number of aromatic nitrogens is 1. The van der Waals surface area contributed by atoms with Gasteiger partial charge >= 0.3 is 0 Å². The van der Waals surface area contributed by atoms with Crippen LogP contribution in [0.25, 0.3) is 0 Å². The van der Waals surface area contributed by atoms with Crippen molar-refractivity contribution in [2.24, 2.45) is 0 Å². The van der Waals surface area contributed by atoms with Gasteiger partial charge in [0, 0.05) is 23.0 Å². The number of methoxy groups -OCH3 is 1. The Kier molecular flexibility index (Phi) is 4.25. The highest BCUT2D eigenvalue weighted by Crippen LogP contribution is 2.36. The fourth-order valence-electron chi connectivity index (χ4n) is 1.93. The minimum atomic E-state index is -0.228. The number of nitrogens with one attached hydrogen (secondary N) is 1. The number of carbonyl (C=O) groups excluding carboxylic acids is 1. The Balaban J connectivity index is 2.39. The van der Waals surface area contributed by atoms with Gasteiger partial charge in [0.2, 0.25) is 0 Å². The van der Waals surface area contributed by atoms with Crippen molar-refractivity contribution in [2.75, 3.05) is 12.4 Å². The third kappa shape index (κ3) is 2.75. The van der Waals surface area contributed by atoms with Crippen molar-refractivity contribution in [1.29, 1.82) is 0 Å². The minimum Gasteiger partial charge on any atom is -0.495 e. The summed E-state index contributed by atoms with van der Waals surface area (Å²) in [7, 11) is 1.56. The Morgan fingerprint density at radius 1 is 1.30 bits per heavy atom. The molecule has 0 unspecified atom stereocenters. The first-order valence-electron chi connectivity index (χ1n) is 6.09. The van der Waals surface area contributed by atoms with Crippen LogP contribution in [-0.4, -0.2) is 18.0 Å². The number of rotatable bonds is 3. The largest absolute Gasteiger partial charge is 0.495 e. The first-order valence-corrected chi connectivity index (χ1v) is 6.47. The monoisotopic (exact) mass is 290 g/mol. The lowest BCUT2D eigenvalue weighted by Gasteiger charge is -2.16. The van der Waals surface area contributed by atoms with Crippen LogP contribution in [0.4, 0.5) is 5.69 Å². The third-order valence-electron chi connectivity index (χ3n) is 3.05. The number of hydrogen-bond acceptors (Lipinski definition) is 3. The highest BCUT2D eigenvalue weighted by molar-refractivity contribution is 6.32. The summed E-state index contributed by atoms with van der Waals surface area (Å²) in [5.74, 6) is 0.362. The van der Waals surface area contributed by atoms with E-state index < -0.39 is 0 Å². The molecule has 0 saturated heterocycles. The van der Waals surface area contributed by atoms with Crippen LogP contribution in [0.5, 0.6) is 5.75 Å². The first-order chi connectivity index (χ1) is 9.54. The predicted octanol–water partition coefficient (Wildman–Crippen LogP) is 3.61. The molecule has 1 N–H and O–H groups in total. The van der Waals surface area contributed by atoms with Crippen LogP contribution >= 0.6 is 11.6 Å². The Morgan fingerprint density at radius 2 is 1.95 bits per heavy atom. The van der Waals surface area contributed by atoms with Gasteiger partial charge in [-0.05, 0) is 43.2 Å². The summed E-state index contributed by atoms with van der Waals surface area (Å²) in [4.78, 5) is 16.1. The second kappa shape index (κ2) is 5.92. The Morgan fingerprint density at radius 3 is 2.55 bits per heavy atom. The van der Waals surface area contributed by atoms with Crippen LogP contribution in [0, 0.1) is 13.8 Å². The summed E-state index contributed by atoms with van der Waals surface area (Å²) >= 11 is 6.22. The van der Waals surface area contributed by atoms with Crippen molar-refractivity contribution >= 4 is 23.2 Å². The van der Waals surface area contributed by atoms with E-state index in [-0.39, 0.29) is 5.91 Å². The number of nitrogens with zero attached hydrogens (tertiary/aromatic N) is 1. The number of halogens is 1. The van der Waals surface area contributed by atoms with Gasteiger partial charge in [-0.3, -0.25) is 9.78 Å². The molecule has 104 valence electrons. The SMILES string of the molecule is COc1cc(C)c(Cl)c(C)c1NC(=O)c1ccncc1. The van der Waals surface area contributed by atoms with Crippen molar-refractivity contribution in [2.45, 2.75) is 13.8 Å². The topological polar surface area (TPSA) is 51.2 Å². The number of pyridine rings is 1. The second-order valence-corrected chi connectivity index (χ2v) is 4.78. The average molecular weight is 291 g/mol. The zero-order valence-electron chi connectivity index (χ0n) is 11.5. The van der Waals surface area contributed by atoms with Crippen LogP contribution in [0.1, 0.15) is 21.5 Å². The number of carbonyl (C=O) groups is 1. The number of hydrogen-bond donors (Lipinski definition) is 1. The standard InChI is InChI=1S/C15H15ClN2O2/c1-9-8-12(20-3)14(10(2)13(9)16)18-15(19)11-4-6-17-7-5-11/h4-8H,1-3H3,(H,18,19). The van der Waals surface area contributed by atoms with E-state index in [0.717, 1.165) is 11.1 Å². The molecular weight excluding hydrogens is 276 g/mol. The number of amides is 1. The molecule has 0 atom stereocenters. The molecule has 2 aromatic rings. The molecule has 2 rings (SSSR count). The van der Waals surface area contributed by atoms with E-state index in [4.69, 9.17) is 16.3 Å². The molecule has 0 saturated carbocycles. The normalized spacial score (nSPS) is 10.2. The first kappa shape index (κ1) is 14.3. The average Bonchev–Trinajstić information content (AvgIpc) is 2.48. The predicted molar refractivity (Wildman–Crippen MR) is 79.7 cm³/mol. The lowest BCUT2D eigenvalue weighted by atomic mass is 10.1. The second-order valence-electron chi connectivity index (χ2n) is 4.40. The van der Waals surface area contributed by atoms with Gasteiger partial charge in [0.1, 0.15) is 5.75 Å². The van der Waals surface area contributed by atoms with Gasteiger partial charge in [0.05, 0.1) is 12.8 Å². The number of benzene rings is 1. The molecule has 0 bridgehead atoms. The molecule has 1 amide bonds. The van der Waals surface area contributed by atoms with E-state index in [1.54, 1.807) is 37.7 Å². The molecule has 5 heteroatoms. The van der Waals surface area contributed by atoms with E-state index in [1.807, 2.05) is 13.8 Å². The lowest BCUT2D eigenvalue weighted by Crippen LogP contribution is -2.14. The number of aryl methyl sites for hydroxylation is 1.